The molecule has 3 rings (SSSR count). The summed E-state index contributed by atoms with van der Waals surface area (Å²) >= 11 is 1.44. The van der Waals surface area contributed by atoms with E-state index in [9.17, 15) is 9.90 Å². The van der Waals surface area contributed by atoms with Crippen LogP contribution in [0, 0.1) is 6.92 Å². The van der Waals surface area contributed by atoms with Crippen molar-refractivity contribution < 1.29 is 14.6 Å². The highest BCUT2D eigenvalue weighted by Gasteiger charge is 2.08. The van der Waals surface area contributed by atoms with E-state index in [0.29, 0.717) is 11.3 Å². The van der Waals surface area contributed by atoms with E-state index in [1.807, 2.05) is 48.5 Å². The van der Waals surface area contributed by atoms with Crippen molar-refractivity contribution >= 4 is 17.9 Å². The lowest BCUT2D eigenvalue weighted by molar-refractivity contribution is 0.0696. The topological polar surface area (TPSA) is 71.5 Å². The highest BCUT2D eigenvalue weighted by atomic mass is 32.2. The van der Waals surface area contributed by atoms with Gasteiger partial charge in [-0.3, -0.25) is 9.71 Å². The maximum Gasteiger partial charge on any atom is 0.335 e. The van der Waals surface area contributed by atoms with Crippen LogP contribution in [0.4, 0.5) is 0 Å². The lowest BCUT2D eigenvalue weighted by Gasteiger charge is -2.08. The number of aryl methyl sites for hydroxylation is 1. The molecule has 0 bridgehead atoms. The van der Waals surface area contributed by atoms with Gasteiger partial charge >= 0.3 is 5.97 Å². The van der Waals surface area contributed by atoms with Gasteiger partial charge in [-0.1, -0.05) is 18.2 Å². The van der Waals surface area contributed by atoms with E-state index < -0.39 is 5.97 Å². The van der Waals surface area contributed by atoms with E-state index in [2.05, 4.69) is 9.71 Å². The van der Waals surface area contributed by atoms with E-state index in [-0.39, 0.29) is 0 Å². The Kier molecular flexibility index (Phi) is 6.46. The first kappa shape index (κ1) is 18.9. The molecule has 0 aliphatic rings. The van der Waals surface area contributed by atoms with Crippen molar-refractivity contribution in [2.45, 2.75) is 18.2 Å². The van der Waals surface area contributed by atoms with Crippen molar-refractivity contribution in [3.63, 3.8) is 0 Å². The number of rotatable bonds is 8. The molecule has 0 amide bonds. The number of ether oxygens (including phenoxy) is 1. The fourth-order valence-electron chi connectivity index (χ4n) is 2.49. The van der Waals surface area contributed by atoms with Crippen LogP contribution in [0.5, 0.6) is 11.5 Å². The van der Waals surface area contributed by atoms with Gasteiger partial charge in [-0.25, -0.2) is 4.79 Å². The lowest BCUT2D eigenvalue weighted by atomic mass is 10.1. The van der Waals surface area contributed by atoms with Gasteiger partial charge in [0.15, 0.2) is 0 Å². The predicted molar refractivity (Wildman–Crippen MR) is 106 cm³/mol. The molecule has 0 aliphatic carbocycles. The number of benzene rings is 2. The van der Waals surface area contributed by atoms with Gasteiger partial charge in [0, 0.05) is 17.6 Å². The molecule has 1 heterocycles. The molecule has 2 aromatic carbocycles. The van der Waals surface area contributed by atoms with Gasteiger partial charge in [-0.15, -0.1) is 0 Å². The minimum atomic E-state index is -0.899. The Morgan fingerprint density at radius 3 is 2.67 bits per heavy atom. The molecule has 0 atom stereocenters. The highest BCUT2D eigenvalue weighted by Crippen LogP contribution is 2.21. The molecule has 0 saturated heterocycles. The summed E-state index contributed by atoms with van der Waals surface area (Å²) in [6, 6.07) is 17.1. The van der Waals surface area contributed by atoms with Crippen molar-refractivity contribution in [3.8, 4) is 11.5 Å². The van der Waals surface area contributed by atoms with E-state index in [1.165, 1.54) is 17.5 Å². The Balaban J connectivity index is 1.47. The van der Waals surface area contributed by atoms with Crippen LogP contribution < -0.4 is 9.46 Å². The van der Waals surface area contributed by atoms with Gasteiger partial charge in [-0.05, 0) is 72.8 Å². The first-order chi connectivity index (χ1) is 13.1. The average Bonchev–Trinajstić information content (AvgIpc) is 2.68. The number of aromatic carboxylic acids is 1. The summed E-state index contributed by atoms with van der Waals surface area (Å²) in [4.78, 5) is 16.1. The van der Waals surface area contributed by atoms with Gasteiger partial charge in [0.2, 0.25) is 0 Å². The third-order valence-corrected chi connectivity index (χ3v) is 4.78. The number of carboxylic acids is 1. The molecule has 6 heteroatoms. The second-order valence-corrected chi connectivity index (χ2v) is 6.93. The van der Waals surface area contributed by atoms with E-state index in [1.54, 1.807) is 25.4 Å². The van der Waals surface area contributed by atoms with Crippen LogP contribution in [-0.2, 0) is 6.42 Å². The lowest BCUT2D eigenvalue weighted by Crippen LogP contribution is -2.08. The van der Waals surface area contributed by atoms with Crippen molar-refractivity contribution in [1.29, 1.82) is 0 Å². The maximum absolute atomic E-state index is 11.2. The van der Waals surface area contributed by atoms with E-state index in [4.69, 9.17) is 4.74 Å². The third-order valence-electron chi connectivity index (χ3n) is 3.94. The van der Waals surface area contributed by atoms with E-state index in [0.717, 1.165) is 29.2 Å². The summed E-state index contributed by atoms with van der Waals surface area (Å²) in [5.41, 5.74) is 2.29. The minimum absolute atomic E-state index is 0.339. The Hall–Kier alpha value is -2.83. The normalized spacial score (nSPS) is 10.6. The van der Waals surface area contributed by atoms with Crippen molar-refractivity contribution in [2.75, 3.05) is 6.54 Å². The molecule has 0 spiro atoms. The molecule has 0 aliphatic heterocycles. The van der Waals surface area contributed by atoms with Crippen molar-refractivity contribution in [3.05, 3.63) is 83.7 Å². The number of nitrogens with one attached hydrogen (secondary N) is 1. The summed E-state index contributed by atoms with van der Waals surface area (Å²) in [6.07, 6.45) is 4.24. The molecule has 3 aromatic rings. The highest BCUT2D eigenvalue weighted by molar-refractivity contribution is 7.97. The molecule has 1 aromatic heterocycles. The van der Waals surface area contributed by atoms with Crippen LogP contribution in [0.25, 0.3) is 0 Å². The largest absolute Gasteiger partial charge is 0.478 e. The number of carbonyl (C=O) groups is 1. The third kappa shape index (κ3) is 5.57. The van der Waals surface area contributed by atoms with Crippen LogP contribution in [0.1, 0.15) is 21.5 Å². The molecule has 2 N–H and O–H groups in total. The zero-order valence-corrected chi connectivity index (χ0v) is 15.7. The number of hydrogen-bond donors (Lipinski definition) is 2. The molecule has 0 saturated carbocycles. The first-order valence-electron chi connectivity index (χ1n) is 8.52. The van der Waals surface area contributed by atoms with Gasteiger partial charge in [-0.2, -0.15) is 0 Å². The monoisotopic (exact) mass is 380 g/mol. The van der Waals surface area contributed by atoms with Gasteiger partial charge < -0.3 is 9.84 Å². The SMILES string of the molecule is Cc1ccc(SNCCc2ccc(Oc3cccnc3)cc2)cc1C(=O)O. The minimum Gasteiger partial charge on any atom is -0.478 e. The molecular weight excluding hydrogens is 360 g/mol. The van der Waals surface area contributed by atoms with Crippen LogP contribution in [0.2, 0.25) is 0 Å². The van der Waals surface area contributed by atoms with Crippen LogP contribution in [0.15, 0.2) is 71.9 Å². The number of pyridine rings is 1. The molecule has 0 unspecified atom stereocenters. The van der Waals surface area contributed by atoms with Crippen LogP contribution in [-0.4, -0.2) is 22.6 Å². The van der Waals surface area contributed by atoms with Gasteiger partial charge in [0.25, 0.3) is 0 Å². The maximum atomic E-state index is 11.2. The van der Waals surface area contributed by atoms with Crippen molar-refractivity contribution in [2.24, 2.45) is 0 Å². The molecular formula is C21H20N2O3S. The summed E-state index contributed by atoms with van der Waals surface area (Å²) in [7, 11) is 0. The summed E-state index contributed by atoms with van der Waals surface area (Å²) < 4.78 is 9.00. The number of aromatic nitrogens is 1. The molecule has 138 valence electrons. The molecule has 5 nitrogen and oxygen atoms in total. The zero-order valence-electron chi connectivity index (χ0n) is 14.9. The fourth-order valence-corrected chi connectivity index (χ4v) is 3.18. The van der Waals surface area contributed by atoms with Crippen molar-refractivity contribution in [1.82, 2.24) is 9.71 Å². The molecule has 0 fully saturated rings. The first-order valence-corrected chi connectivity index (χ1v) is 9.34. The number of carboxylic acid groups (broad SMARTS) is 1. The quantitative estimate of drug-likeness (QED) is 0.435. The molecule has 0 radical (unpaired) electrons. The Labute approximate surface area is 162 Å². The second kappa shape index (κ2) is 9.21. The Bertz CT molecular complexity index is 899. The summed E-state index contributed by atoms with van der Waals surface area (Å²) in [5.74, 6) is 0.584. The number of nitrogens with zero attached hydrogens (tertiary/aromatic N) is 1. The molecule has 27 heavy (non-hydrogen) atoms. The van der Waals surface area contributed by atoms with Crippen LogP contribution in [0.3, 0.4) is 0 Å². The van der Waals surface area contributed by atoms with Crippen LogP contribution >= 0.6 is 11.9 Å². The van der Waals surface area contributed by atoms with Gasteiger partial charge in [0.05, 0.1) is 11.8 Å². The Morgan fingerprint density at radius 1 is 1.15 bits per heavy atom. The Morgan fingerprint density at radius 2 is 1.96 bits per heavy atom. The van der Waals surface area contributed by atoms with E-state index >= 15 is 0 Å². The summed E-state index contributed by atoms with van der Waals surface area (Å²) in [5, 5.41) is 9.18. The van der Waals surface area contributed by atoms with Gasteiger partial charge in [0.1, 0.15) is 11.5 Å². The fraction of sp³-hybridized carbons (Fsp3) is 0.143. The second-order valence-electron chi connectivity index (χ2n) is 5.96. The number of hydrogen-bond acceptors (Lipinski definition) is 5. The predicted octanol–water partition coefficient (Wildman–Crippen LogP) is 4.72. The summed E-state index contributed by atoms with van der Waals surface area (Å²) in [6.45, 7) is 2.57. The average molecular weight is 380 g/mol. The smallest absolute Gasteiger partial charge is 0.335 e. The standard InChI is InChI=1S/C21H20N2O3S/c1-15-4-9-19(13-20(15)21(24)25)27-23-12-10-16-5-7-17(8-6-16)26-18-3-2-11-22-14-18/h2-9,11,13-14,23H,10,12H2,1H3,(H,24,25). The zero-order chi connectivity index (χ0) is 19.1.